The van der Waals surface area contributed by atoms with Gasteiger partial charge in [-0.1, -0.05) is 36.4 Å². The van der Waals surface area contributed by atoms with Crippen LogP contribution in [0.2, 0.25) is 0 Å². The van der Waals surface area contributed by atoms with Crippen LogP contribution in [0.5, 0.6) is 11.5 Å². The van der Waals surface area contributed by atoms with Gasteiger partial charge in [-0.2, -0.15) is 0 Å². The third-order valence-corrected chi connectivity index (χ3v) is 5.22. The minimum atomic E-state index is -0.713. The molecule has 160 valence electrons. The standard InChI is InChI=1S/C23H29N3O4/c1-29-19-12-11-17(15-20(19)30-2)16-24-23(28)25-21(18-9-5-3-6-10-18)22(27)26-13-7-4-8-14-26/h3,5-6,9-12,15,21H,4,7-8,13-14,16H2,1-2H3,(H2,24,25,28)/t21-/m1/s1. The van der Waals surface area contributed by atoms with Crippen molar-refractivity contribution in [3.05, 3.63) is 59.7 Å². The second-order valence-electron chi connectivity index (χ2n) is 7.25. The molecule has 2 aromatic rings. The van der Waals surface area contributed by atoms with Gasteiger partial charge in [-0.25, -0.2) is 4.79 Å². The molecule has 0 radical (unpaired) electrons. The van der Waals surface area contributed by atoms with Crippen LogP contribution in [-0.4, -0.2) is 44.1 Å². The van der Waals surface area contributed by atoms with Crippen LogP contribution >= 0.6 is 0 Å². The van der Waals surface area contributed by atoms with Gasteiger partial charge < -0.3 is 25.0 Å². The van der Waals surface area contributed by atoms with Crippen molar-refractivity contribution in [2.24, 2.45) is 0 Å². The predicted octanol–water partition coefficient (Wildman–Crippen LogP) is 3.26. The van der Waals surface area contributed by atoms with Crippen molar-refractivity contribution in [3.8, 4) is 11.5 Å². The Labute approximate surface area is 177 Å². The van der Waals surface area contributed by atoms with Crippen LogP contribution in [0.1, 0.15) is 36.4 Å². The fourth-order valence-electron chi connectivity index (χ4n) is 3.59. The zero-order chi connectivity index (χ0) is 21.3. The Kier molecular flexibility index (Phi) is 7.54. The number of carbonyl (C=O) groups excluding carboxylic acids is 2. The summed E-state index contributed by atoms with van der Waals surface area (Å²) in [5.74, 6) is 1.16. The Balaban J connectivity index is 1.66. The van der Waals surface area contributed by atoms with Crippen molar-refractivity contribution in [2.75, 3.05) is 27.3 Å². The van der Waals surface area contributed by atoms with E-state index in [9.17, 15) is 9.59 Å². The number of likely N-dealkylation sites (tertiary alicyclic amines) is 1. The van der Waals surface area contributed by atoms with Crippen LogP contribution in [0.4, 0.5) is 4.79 Å². The van der Waals surface area contributed by atoms with E-state index in [0.717, 1.165) is 43.5 Å². The number of hydrogen-bond donors (Lipinski definition) is 2. The van der Waals surface area contributed by atoms with Gasteiger partial charge in [0.2, 0.25) is 5.91 Å². The number of hydrogen-bond acceptors (Lipinski definition) is 4. The average Bonchev–Trinajstić information content (AvgIpc) is 2.81. The fraction of sp³-hybridized carbons (Fsp3) is 0.391. The SMILES string of the molecule is COc1ccc(CNC(=O)N[C@@H](C(=O)N2CCCCC2)c2ccccc2)cc1OC. The molecule has 0 unspecified atom stereocenters. The quantitative estimate of drug-likeness (QED) is 0.733. The van der Waals surface area contributed by atoms with Crippen molar-refractivity contribution in [1.29, 1.82) is 0 Å². The number of rotatable bonds is 7. The largest absolute Gasteiger partial charge is 0.493 e. The highest BCUT2D eigenvalue weighted by Crippen LogP contribution is 2.27. The summed E-state index contributed by atoms with van der Waals surface area (Å²) in [5, 5.41) is 5.68. The Bertz CT molecular complexity index is 851. The summed E-state index contributed by atoms with van der Waals surface area (Å²) in [6.45, 7) is 1.76. The molecule has 1 atom stereocenters. The molecule has 7 nitrogen and oxygen atoms in total. The van der Waals surface area contributed by atoms with Crippen LogP contribution in [-0.2, 0) is 11.3 Å². The van der Waals surface area contributed by atoms with Crippen molar-refractivity contribution >= 4 is 11.9 Å². The number of benzene rings is 2. The van der Waals surface area contributed by atoms with Gasteiger partial charge in [0.25, 0.3) is 0 Å². The van der Waals surface area contributed by atoms with E-state index in [1.54, 1.807) is 20.3 Å². The van der Waals surface area contributed by atoms with Crippen molar-refractivity contribution < 1.29 is 19.1 Å². The lowest BCUT2D eigenvalue weighted by Crippen LogP contribution is -2.47. The Morgan fingerprint density at radius 2 is 1.67 bits per heavy atom. The first-order valence-electron chi connectivity index (χ1n) is 10.2. The smallest absolute Gasteiger partial charge is 0.315 e. The topological polar surface area (TPSA) is 79.9 Å². The van der Waals surface area contributed by atoms with E-state index in [0.29, 0.717) is 18.0 Å². The monoisotopic (exact) mass is 411 g/mol. The molecule has 0 bridgehead atoms. The molecule has 2 aromatic carbocycles. The molecule has 3 rings (SSSR count). The van der Waals surface area contributed by atoms with Gasteiger partial charge in [0.05, 0.1) is 14.2 Å². The van der Waals surface area contributed by atoms with Crippen LogP contribution in [0.15, 0.2) is 48.5 Å². The second kappa shape index (κ2) is 10.5. The van der Waals surface area contributed by atoms with Gasteiger partial charge in [-0.05, 0) is 42.5 Å². The Hall–Kier alpha value is -3.22. The van der Waals surface area contributed by atoms with Gasteiger partial charge in [0, 0.05) is 19.6 Å². The molecule has 0 aromatic heterocycles. The lowest BCUT2D eigenvalue weighted by atomic mass is 10.0. The molecule has 2 N–H and O–H groups in total. The van der Waals surface area contributed by atoms with Gasteiger partial charge in [0.15, 0.2) is 11.5 Å². The van der Waals surface area contributed by atoms with Crippen molar-refractivity contribution in [3.63, 3.8) is 0 Å². The lowest BCUT2D eigenvalue weighted by molar-refractivity contribution is -0.134. The number of carbonyl (C=O) groups is 2. The summed E-state index contributed by atoms with van der Waals surface area (Å²) in [7, 11) is 3.14. The molecule has 0 spiro atoms. The lowest BCUT2D eigenvalue weighted by Gasteiger charge is -2.31. The highest BCUT2D eigenvalue weighted by Gasteiger charge is 2.28. The number of piperidine rings is 1. The summed E-state index contributed by atoms with van der Waals surface area (Å²) in [4.78, 5) is 27.6. The van der Waals surface area contributed by atoms with Crippen molar-refractivity contribution in [2.45, 2.75) is 31.8 Å². The fourth-order valence-corrected chi connectivity index (χ4v) is 3.59. The third-order valence-electron chi connectivity index (χ3n) is 5.22. The number of methoxy groups -OCH3 is 2. The van der Waals surface area contributed by atoms with E-state index >= 15 is 0 Å². The number of nitrogens with one attached hydrogen (secondary N) is 2. The zero-order valence-corrected chi connectivity index (χ0v) is 17.5. The van der Waals surface area contributed by atoms with E-state index in [4.69, 9.17) is 9.47 Å². The molecule has 1 saturated heterocycles. The maximum Gasteiger partial charge on any atom is 0.315 e. The number of nitrogens with zero attached hydrogens (tertiary/aromatic N) is 1. The molecule has 30 heavy (non-hydrogen) atoms. The predicted molar refractivity (Wildman–Crippen MR) is 115 cm³/mol. The summed E-state index contributed by atoms with van der Waals surface area (Å²) >= 11 is 0. The van der Waals surface area contributed by atoms with Gasteiger partial charge in [-0.3, -0.25) is 4.79 Å². The van der Waals surface area contributed by atoms with E-state index in [-0.39, 0.29) is 5.91 Å². The van der Waals surface area contributed by atoms with E-state index in [1.807, 2.05) is 47.4 Å². The van der Waals surface area contributed by atoms with Gasteiger partial charge in [-0.15, -0.1) is 0 Å². The minimum absolute atomic E-state index is 0.0674. The minimum Gasteiger partial charge on any atom is -0.493 e. The van der Waals surface area contributed by atoms with Gasteiger partial charge in [0.1, 0.15) is 6.04 Å². The molecule has 3 amide bonds. The summed E-state index contributed by atoms with van der Waals surface area (Å²) in [5.41, 5.74) is 1.63. The molecular formula is C23H29N3O4. The summed E-state index contributed by atoms with van der Waals surface area (Å²) < 4.78 is 10.5. The average molecular weight is 412 g/mol. The first-order chi connectivity index (χ1) is 14.6. The first-order valence-corrected chi connectivity index (χ1v) is 10.2. The number of ether oxygens (including phenoxy) is 2. The second-order valence-corrected chi connectivity index (χ2v) is 7.25. The molecule has 1 aliphatic rings. The van der Waals surface area contributed by atoms with Gasteiger partial charge >= 0.3 is 6.03 Å². The van der Waals surface area contributed by atoms with E-state index in [2.05, 4.69) is 10.6 Å². The first kappa shape index (κ1) is 21.5. The number of urea groups is 1. The van der Waals surface area contributed by atoms with E-state index in [1.165, 1.54) is 0 Å². The zero-order valence-electron chi connectivity index (χ0n) is 17.5. The highest BCUT2D eigenvalue weighted by atomic mass is 16.5. The summed E-state index contributed by atoms with van der Waals surface area (Å²) in [6, 6.07) is 13.7. The molecule has 0 aliphatic carbocycles. The van der Waals surface area contributed by atoms with Crippen LogP contribution in [0, 0.1) is 0 Å². The van der Waals surface area contributed by atoms with Crippen LogP contribution < -0.4 is 20.1 Å². The number of amides is 3. The third kappa shape index (κ3) is 5.43. The normalized spacial score (nSPS) is 14.5. The van der Waals surface area contributed by atoms with Crippen molar-refractivity contribution in [1.82, 2.24) is 15.5 Å². The summed E-state index contributed by atoms with van der Waals surface area (Å²) in [6.07, 6.45) is 3.14. The molecule has 1 fully saturated rings. The molecule has 1 heterocycles. The maximum absolute atomic E-state index is 13.1. The molecular weight excluding hydrogens is 382 g/mol. The Morgan fingerprint density at radius 1 is 0.967 bits per heavy atom. The van der Waals surface area contributed by atoms with Crippen LogP contribution in [0.3, 0.4) is 0 Å². The Morgan fingerprint density at radius 3 is 2.33 bits per heavy atom. The van der Waals surface area contributed by atoms with E-state index < -0.39 is 12.1 Å². The highest BCUT2D eigenvalue weighted by molar-refractivity contribution is 5.88. The molecule has 7 heteroatoms. The molecule has 0 saturated carbocycles. The maximum atomic E-state index is 13.1. The molecule has 1 aliphatic heterocycles. The van der Waals surface area contributed by atoms with Crippen LogP contribution in [0.25, 0.3) is 0 Å².